The number of fused-ring (bicyclic) bond motifs is 3. The van der Waals surface area contributed by atoms with E-state index in [1.807, 2.05) is 48.7 Å². The first-order chi connectivity index (χ1) is 13.3. The number of nitrogens with zero attached hydrogens (tertiary/aromatic N) is 3. The van der Waals surface area contributed by atoms with Crippen LogP contribution in [0.1, 0.15) is 35.4 Å². The zero-order valence-corrected chi connectivity index (χ0v) is 14.9. The highest BCUT2D eigenvalue weighted by atomic mass is 16.5. The average Bonchev–Trinajstić information content (AvgIpc) is 3.20. The van der Waals surface area contributed by atoms with Crippen LogP contribution in [-0.2, 0) is 0 Å². The van der Waals surface area contributed by atoms with Crippen molar-refractivity contribution in [1.29, 1.82) is 0 Å². The minimum absolute atomic E-state index is 0.101. The SMILES string of the molecule is COc1cccc2c1O[C@@H](c1cccnc1)N1N=C(c3ccccc3)C[C@@H]21. The summed E-state index contributed by atoms with van der Waals surface area (Å²) in [6.07, 6.45) is 4.08. The van der Waals surface area contributed by atoms with Crippen LogP contribution in [0.5, 0.6) is 11.5 Å². The lowest BCUT2D eigenvalue weighted by molar-refractivity contribution is -0.0211. The maximum Gasteiger partial charge on any atom is 0.215 e. The van der Waals surface area contributed by atoms with Gasteiger partial charge in [-0.15, -0.1) is 0 Å². The van der Waals surface area contributed by atoms with E-state index in [1.54, 1.807) is 13.3 Å². The van der Waals surface area contributed by atoms with Crippen molar-refractivity contribution in [3.8, 4) is 11.5 Å². The second-order valence-corrected chi connectivity index (χ2v) is 6.65. The summed E-state index contributed by atoms with van der Waals surface area (Å²) in [5, 5.41) is 7.01. The van der Waals surface area contributed by atoms with Gasteiger partial charge >= 0.3 is 0 Å². The number of hydrazone groups is 1. The van der Waals surface area contributed by atoms with Crippen LogP contribution < -0.4 is 9.47 Å². The van der Waals surface area contributed by atoms with Crippen molar-refractivity contribution in [2.75, 3.05) is 7.11 Å². The van der Waals surface area contributed by atoms with Gasteiger partial charge in [-0.25, -0.2) is 5.01 Å². The molecule has 5 rings (SSSR count). The summed E-state index contributed by atoms with van der Waals surface area (Å²) in [4.78, 5) is 4.26. The van der Waals surface area contributed by atoms with Crippen LogP contribution in [0.2, 0.25) is 0 Å². The predicted octanol–water partition coefficient (Wildman–Crippen LogP) is 4.33. The van der Waals surface area contributed by atoms with E-state index in [-0.39, 0.29) is 12.3 Å². The molecule has 0 N–H and O–H groups in total. The van der Waals surface area contributed by atoms with Crippen LogP contribution in [-0.4, -0.2) is 22.8 Å². The lowest BCUT2D eigenvalue weighted by Crippen LogP contribution is -2.33. The van der Waals surface area contributed by atoms with Crippen molar-refractivity contribution in [3.63, 3.8) is 0 Å². The minimum atomic E-state index is -0.339. The van der Waals surface area contributed by atoms with Gasteiger partial charge < -0.3 is 9.47 Å². The molecule has 0 bridgehead atoms. The Morgan fingerprint density at radius 2 is 1.93 bits per heavy atom. The Bertz CT molecular complexity index is 989. The molecule has 3 aromatic rings. The molecule has 2 aromatic carbocycles. The molecular weight excluding hydrogens is 338 g/mol. The standard InChI is InChI=1S/C22H19N3O2/c1-26-20-11-5-10-17-19-13-18(15-7-3-2-4-8-15)24-25(19)22(27-21(17)20)16-9-6-12-23-14-16/h2-12,14,19,22H,13H2,1H3/t19-,22-/m0/s1. The topological polar surface area (TPSA) is 47.0 Å². The number of hydrogen-bond donors (Lipinski definition) is 0. The third kappa shape index (κ3) is 2.63. The smallest absolute Gasteiger partial charge is 0.215 e. The molecule has 0 amide bonds. The van der Waals surface area contributed by atoms with Crippen LogP contribution in [0.3, 0.4) is 0 Å². The molecule has 5 nitrogen and oxygen atoms in total. The molecule has 27 heavy (non-hydrogen) atoms. The molecule has 1 aromatic heterocycles. The largest absolute Gasteiger partial charge is 0.493 e. The molecule has 0 fully saturated rings. The molecule has 0 spiro atoms. The lowest BCUT2D eigenvalue weighted by atomic mass is 9.95. The highest BCUT2D eigenvalue weighted by molar-refractivity contribution is 6.01. The van der Waals surface area contributed by atoms with Crippen LogP contribution in [0.25, 0.3) is 0 Å². The molecule has 5 heteroatoms. The molecule has 0 unspecified atom stereocenters. The second-order valence-electron chi connectivity index (χ2n) is 6.65. The van der Waals surface area contributed by atoms with Crippen LogP contribution in [0.15, 0.2) is 78.2 Å². The second kappa shape index (κ2) is 6.43. The van der Waals surface area contributed by atoms with E-state index >= 15 is 0 Å². The van der Waals surface area contributed by atoms with E-state index in [4.69, 9.17) is 14.6 Å². The van der Waals surface area contributed by atoms with Crippen LogP contribution >= 0.6 is 0 Å². The van der Waals surface area contributed by atoms with E-state index in [0.29, 0.717) is 0 Å². The van der Waals surface area contributed by atoms with Crippen molar-refractivity contribution >= 4 is 5.71 Å². The van der Waals surface area contributed by atoms with E-state index in [2.05, 4.69) is 28.2 Å². The summed E-state index contributed by atoms with van der Waals surface area (Å²) in [6.45, 7) is 0. The fourth-order valence-electron chi connectivity index (χ4n) is 3.79. The Kier molecular flexibility index (Phi) is 3.78. The zero-order chi connectivity index (χ0) is 18.2. The van der Waals surface area contributed by atoms with Gasteiger partial charge in [0.1, 0.15) is 0 Å². The van der Waals surface area contributed by atoms with E-state index < -0.39 is 0 Å². The quantitative estimate of drug-likeness (QED) is 0.700. The van der Waals surface area contributed by atoms with Gasteiger partial charge in [-0.2, -0.15) is 5.10 Å². The minimum Gasteiger partial charge on any atom is -0.493 e. The third-order valence-corrected chi connectivity index (χ3v) is 5.08. The summed E-state index contributed by atoms with van der Waals surface area (Å²) in [7, 11) is 1.67. The Labute approximate surface area is 157 Å². The number of hydrogen-bond acceptors (Lipinski definition) is 5. The highest BCUT2D eigenvalue weighted by Crippen LogP contribution is 2.50. The highest BCUT2D eigenvalue weighted by Gasteiger charge is 2.42. The number of benzene rings is 2. The monoisotopic (exact) mass is 357 g/mol. The molecule has 0 saturated carbocycles. The average molecular weight is 357 g/mol. The maximum absolute atomic E-state index is 6.39. The summed E-state index contributed by atoms with van der Waals surface area (Å²) < 4.78 is 12.0. The number of para-hydroxylation sites is 1. The van der Waals surface area contributed by atoms with Crippen molar-refractivity contribution < 1.29 is 9.47 Å². The van der Waals surface area contributed by atoms with Crippen molar-refractivity contribution in [3.05, 3.63) is 89.7 Å². The molecule has 134 valence electrons. The molecule has 2 aliphatic heterocycles. The van der Waals surface area contributed by atoms with Gasteiger partial charge in [0.2, 0.25) is 6.23 Å². The Morgan fingerprint density at radius 1 is 1.04 bits per heavy atom. The number of methoxy groups -OCH3 is 1. The van der Waals surface area contributed by atoms with Gasteiger partial charge in [0, 0.05) is 29.9 Å². The zero-order valence-electron chi connectivity index (χ0n) is 14.9. The third-order valence-electron chi connectivity index (χ3n) is 5.08. The predicted molar refractivity (Wildman–Crippen MR) is 103 cm³/mol. The summed E-state index contributed by atoms with van der Waals surface area (Å²) in [5.74, 6) is 1.54. The summed E-state index contributed by atoms with van der Waals surface area (Å²) >= 11 is 0. The molecule has 0 radical (unpaired) electrons. The van der Waals surface area contributed by atoms with Crippen LogP contribution in [0.4, 0.5) is 0 Å². The van der Waals surface area contributed by atoms with Crippen molar-refractivity contribution in [2.24, 2.45) is 5.10 Å². The van der Waals surface area contributed by atoms with Gasteiger partial charge in [-0.05, 0) is 17.7 Å². The maximum atomic E-state index is 6.39. The lowest BCUT2D eigenvalue weighted by Gasteiger charge is -2.38. The number of rotatable bonds is 3. The first-order valence-corrected chi connectivity index (χ1v) is 9.00. The van der Waals surface area contributed by atoms with Crippen molar-refractivity contribution in [1.82, 2.24) is 9.99 Å². The van der Waals surface area contributed by atoms with Gasteiger partial charge in [0.15, 0.2) is 11.5 Å². The first kappa shape index (κ1) is 15.9. The number of pyridine rings is 1. The van der Waals surface area contributed by atoms with Crippen LogP contribution in [0, 0.1) is 0 Å². The van der Waals surface area contributed by atoms with E-state index in [1.165, 1.54) is 0 Å². The Morgan fingerprint density at radius 3 is 2.70 bits per heavy atom. The molecule has 0 saturated heterocycles. The fraction of sp³-hybridized carbons (Fsp3) is 0.182. The van der Waals surface area contributed by atoms with Crippen molar-refractivity contribution in [2.45, 2.75) is 18.7 Å². The Balaban J connectivity index is 1.63. The van der Waals surface area contributed by atoms with Gasteiger partial charge in [0.05, 0.1) is 18.9 Å². The molecule has 2 aliphatic rings. The summed E-state index contributed by atoms with van der Waals surface area (Å²) in [6, 6.07) is 20.4. The molecule has 2 atom stereocenters. The number of ether oxygens (including phenoxy) is 2. The van der Waals surface area contributed by atoms with Gasteiger partial charge in [-0.1, -0.05) is 48.5 Å². The molecule has 3 heterocycles. The van der Waals surface area contributed by atoms with E-state index in [9.17, 15) is 0 Å². The van der Waals surface area contributed by atoms with Gasteiger partial charge in [0.25, 0.3) is 0 Å². The fourth-order valence-corrected chi connectivity index (χ4v) is 3.79. The number of aromatic nitrogens is 1. The first-order valence-electron chi connectivity index (χ1n) is 9.00. The van der Waals surface area contributed by atoms with E-state index in [0.717, 1.165) is 40.3 Å². The molecule has 0 aliphatic carbocycles. The summed E-state index contributed by atoms with van der Waals surface area (Å²) in [5.41, 5.74) is 4.27. The van der Waals surface area contributed by atoms with Gasteiger partial charge in [-0.3, -0.25) is 4.98 Å². The normalized spacial score (nSPS) is 20.3. The Hall–Kier alpha value is -3.34. The molecular formula is C22H19N3O2.